The number of esters is 1. The molecule has 0 bridgehead atoms. The molecule has 110 valence electrons. The number of hydrogen-bond acceptors (Lipinski definition) is 3. The third-order valence-corrected chi connectivity index (χ3v) is 3.11. The van der Waals surface area contributed by atoms with Crippen molar-refractivity contribution in [3.8, 4) is 0 Å². The normalized spacial score (nSPS) is 11.8. The van der Waals surface area contributed by atoms with E-state index in [1.807, 2.05) is 32.0 Å². The number of aromatic nitrogens is 1. The molecular weight excluding hydrogens is 268 g/mol. The van der Waals surface area contributed by atoms with Gasteiger partial charge in [0.25, 0.3) is 5.91 Å². The van der Waals surface area contributed by atoms with E-state index in [-0.39, 0.29) is 5.91 Å². The zero-order valence-corrected chi connectivity index (χ0v) is 12.3. The van der Waals surface area contributed by atoms with E-state index in [0.717, 1.165) is 11.1 Å². The van der Waals surface area contributed by atoms with E-state index >= 15 is 0 Å². The Bertz CT molecular complexity index is 648. The van der Waals surface area contributed by atoms with Crippen molar-refractivity contribution >= 4 is 17.6 Å². The molecule has 1 aromatic carbocycles. The number of carbonyl (C=O) groups excluding carboxylic acids is 2. The predicted octanol–water partition coefficient (Wildman–Crippen LogP) is 2.82. The SMILES string of the molecule is Cc1ccc(NC(=O)[C@H](C)OC(=O)c2ccc[nH]2)c(C)c1. The average molecular weight is 286 g/mol. The second kappa shape index (κ2) is 6.26. The van der Waals surface area contributed by atoms with Crippen molar-refractivity contribution in [2.45, 2.75) is 26.9 Å². The van der Waals surface area contributed by atoms with Gasteiger partial charge in [0.05, 0.1) is 0 Å². The molecule has 0 unspecified atom stereocenters. The van der Waals surface area contributed by atoms with Crippen LogP contribution in [0.4, 0.5) is 5.69 Å². The largest absolute Gasteiger partial charge is 0.448 e. The van der Waals surface area contributed by atoms with Crippen LogP contribution in [0.2, 0.25) is 0 Å². The maximum atomic E-state index is 12.1. The molecule has 5 nitrogen and oxygen atoms in total. The standard InChI is InChI=1S/C16H18N2O3/c1-10-6-7-13(11(2)9-10)18-15(19)12(3)21-16(20)14-5-4-8-17-14/h4-9,12,17H,1-3H3,(H,18,19)/t12-/m0/s1. The van der Waals surface area contributed by atoms with E-state index in [9.17, 15) is 9.59 Å². The molecule has 1 amide bonds. The summed E-state index contributed by atoms with van der Waals surface area (Å²) in [6, 6.07) is 9.01. The molecule has 0 fully saturated rings. The van der Waals surface area contributed by atoms with Crippen molar-refractivity contribution in [3.63, 3.8) is 0 Å². The number of carbonyl (C=O) groups is 2. The first kappa shape index (κ1) is 14.8. The lowest BCUT2D eigenvalue weighted by atomic mass is 10.1. The first-order chi connectivity index (χ1) is 9.97. The Labute approximate surface area is 123 Å². The fraction of sp³-hybridized carbons (Fsp3) is 0.250. The van der Waals surface area contributed by atoms with Gasteiger partial charge in [0.15, 0.2) is 6.10 Å². The highest BCUT2D eigenvalue weighted by Gasteiger charge is 2.19. The highest BCUT2D eigenvalue weighted by Crippen LogP contribution is 2.16. The van der Waals surface area contributed by atoms with Crippen LogP contribution in [-0.4, -0.2) is 23.0 Å². The summed E-state index contributed by atoms with van der Waals surface area (Å²) in [5.74, 6) is -0.912. The summed E-state index contributed by atoms with van der Waals surface area (Å²) in [5.41, 5.74) is 3.12. The molecule has 1 aromatic heterocycles. The number of ether oxygens (including phenoxy) is 1. The quantitative estimate of drug-likeness (QED) is 0.849. The summed E-state index contributed by atoms with van der Waals surface area (Å²) in [7, 11) is 0. The van der Waals surface area contributed by atoms with Crippen molar-refractivity contribution < 1.29 is 14.3 Å². The summed E-state index contributed by atoms with van der Waals surface area (Å²) < 4.78 is 5.11. The Kier molecular flexibility index (Phi) is 4.42. The summed E-state index contributed by atoms with van der Waals surface area (Å²) in [6.45, 7) is 5.44. The summed E-state index contributed by atoms with van der Waals surface area (Å²) in [4.78, 5) is 26.5. The average Bonchev–Trinajstić information content (AvgIpc) is 2.95. The van der Waals surface area contributed by atoms with Crippen LogP contribution in [0.1, 0.15) is 28.5 Å². The summed E-state index contributed by atoms with van der Waals surface area (Å²) in [5, 5.41) is 2.76. The van der Waals surface area contributed by atoms with E-state index in [0.29, 0.717) is 11.4 Å². The maximum absolute atomic E-state index is 12.1. The van der Waals surface area contributed by atoms with Crippen LogP contribution in [0, 0.1) is 13.8 Å². The first-order valence-electron chi connectivity index (χ1n) is 6.70. The number of aryl methyl sites for hydroxylation is 2. The predicted molar refractivity (Wildman–Crippen MR) is 80.2 cm³/mol. The number of anilines is 1. The van der Waals surface area contributed by atoms with Crippen LogP contribution in [-0.2, 0) is 9.53 Å². The van der Waals surface area contributed by atoms with Crippen LogP contribution in [0.25, 0.3) is 0 Å². The smallest absolute Gasteiger partial charge is 0.355 e. The van der Waals surface area contributed by atoms with Crippen molar-refractivity contribution in [1.82, 2.24) is 4.98 Å². The molecule has 0 aliphatic carbocycles. The maximum Gasteiger partial charge on any atom is 0.355 e. The van der Waals surface area contributed by atoms with Gasteiger partial charge in [-0.3, -0.25) is 4.79 Å². The van der Waals surface area contributed by atoms with E-state index in [1.165, 1.54) is 0 Å². The molecule has 0 aliphatic heterocycles. The van der Waals surface area contributed by atoms with E-state index in [4.69, 9.17) is 4.74 Å². The summed E-state index contributed by atoms with van der Waals surface area (Å²) in [6.07, 6.45) is 0.748. The fourth-order valence-corrected chi connectivity index (χ4v) is 1.92. The number of nitrogens with one attached hydrogen (secondary N) is 2. The fourth-order valence-electron chi connectivity index (χ4n) is 1.92. The van der Waals surface area contributed by atoms with Crippen molar-refractivity contribution in [2.75, 3.05) is 5.32 Å². The number of H-pyrrole nitrogens is 1. The van der Waals surface area contributed by atoms with Gasteiger partial charge in [-0.1, -0.05) is 17.7 Å². The topological polar surface area (TPSA) is 71.2 Å². The summed E-state index contributed by atoms with van der Waals surface area (Å²) >= 11 is 0. The van der Waals surface area contributed by atoms with Crippen LogP contribution >= 0.6 is 0 Å². The molecule has 2 rings (SSSR count). The van der Waals surface area contributed by atoms with Gasteiger partial charge in [-0.15, -0.1) is 0 Å². The number of aromatic amines is 1. The Morgan fingerprint density at radius 3 is 2.62 bits per heavy atom. The number of amides is 1. The molecule has 5 heteroatoms. The minimum Gasteiger partial charge on any atom is -0.448 e. The van der Waals surface area contributed by atoms with Crippen LogP contribution in [0.15, 0.2) is 36.5 Å². The van der Waals surface area contributed by atoms with Gasteiger partial charge in [-0.05, 0) is 44.5 Å². The third kappa shape index (κ3) is 3.72. The lowest BCUT2D eigenvalue weighted by molar-refractivity contribution is -0.123. The second-order valence-electron chi connectivity index (χ2n) is 4.94. The van der Waals surface area contributed by atoms with Gasteiger partial charge >= 0.3 is 5.97 Å². The molecule has 0 saturated heterocycles. The van der Waals surface area contributed by atoms with Crippen LogP contribution in [0.5, 0.6) is 0 Å². The molecular formula is C16H18N2O3. The molecule has 2 N–H and O–H groups in total. The zero-order chi connectivity index (χ0) is 15.4. The monoisotopic (exact) mass is 286 g/mol. The molecule has 2 aromatic rings. The number of benzene rings is 1. The van der Waals surface area contributed by atoms with Crippen molar-refractivity contribution in [3.05, 3.63) is 53.3 Å². The van der Waals surface area contributed by atoms with E-state index in [2.05, 4.69) is 10.3 Å². The van der Waals surface area contributed by atoms with Gasteiger partial charge in [-0.25, -0.2) is 4.79 Å². The Morgan fingerprint density at radius 1 is 1.24 bits per heavy atom. The third-order valence-electron chi connectivity index (χ3n) is 3.11. The lowest BCUT2D eigenvalue weighted by Gasteiger charge is -2.14. The Morgan fingerprint density at radius 2 is 2.00 bits per heavy atom. The molecule has 1 atom stereocenters. The van der Waals surface area contributed by atoms with E-state index in [1.54, 1.807) is 25.3 Å². The van der Waals surface area contributed by atoms with Gasteiger partial charge < -0.3 is 15.0 Å². The number of rotatable bonds is 4. The van der Waals surface area contributed by atoms with Gasteiger partial charge in [-0.2, -0.15) is 0 Å². The molecule has 0 spiro atoms. The Balaban J connectivity index is 1.98. The molecule has 0 aliphatic rings. The Hall–Kier alpha value is -2.56. The molecule has 0 radical (unpaired) electrons. The highest BCUT2D eigenvalue weighted by molar-refractivity contribution is 5.97. The molecule has 1 heterocycles. The zero-order valence-electron chi connectivity index (χ0n) is 12.3. The van der Waals surface area contributed by atoms with Crippen molar-refractivity contribution in [1.29, 1.82) is 0 Å². The van der Waals surface area contributed by atoms with Gasteiger partial charge in [0.2, 0.25) is 0 Å². The van der Waals surface area contributed by atoms with Crippen molar-refractivity contribution in [2.24, 2.45) is 0 Å². The molecule has 21 heavy (non-hydrogen) atoms. The highest BCUT2D eigenvalue weighted by atomic mass is 16.5. The van der Waals surface area contributed by atoms with Gasteiger partial charge in [0.1, 0.15) is 5.69 Å². The number of hydrogen-bond donors (Lipinski definition) is 2. The minimum atomic E-state index is -0.874. The van der Waals surface area contributed by atoms with Crippen LogP contribution < -0.4 is 5.32 Å². The van der Waals surface area contributed by atoms with E-state index < -0.39 is 12.1 Å². The minimum absolute atomic E-state index is 0.321. The molecule has 0 saturated carbocycles. The van der Waals surface area contributed by atoms with Crippen LogP contribution in [0.3, 0.4) is 0 Å². The second-order valence-corrected chi connectivity index (χ2v) is 4.94. The lowest BCUT2D eigenvalue weighted by Crippen LogP contribution is -2.30. The first-order valence-corrected chi connectivity index (χ1v) is 6.70. The van der Waals surface area contributed by atoms with Gasteiger partial charge in [0, 0.05) is 11.9 Å².